The molecule has 0 saturated heterocycles. The molecular weight excluding hydrogens is 244 g/mol. The summed E-state index contributed by atoms with van der Waals surface area (Å²) in [6.45, 7) is 3.21. The van der Waals surface area contributed by atoms with Crippen molar-refractivity contribution in [1.29, 1.82) is 0 Å². The zero-order chi connectivity index (χ0) is 13.4. The number of carbonyl (C=O) groups excluding carboxylic acids is 1. The van der Waals surface area contributed by atoms with E-state index in [0.717, 1.165) is 12.3 Å². The van der Waals surface area contributed by atoms with Crippen LogP contribution in [-0.4, -0.2) is 31.5 Å². The van der Waals surface area contributed by atoms with Gasteiger partial charge in [-0.1, -0.05) is 0 Å². The number of hydrogen-bond acceptors (Lipinski definition) is 4. The molecule has 0 spiro atoms. The molecule has 0 fully saturated rings. The van der Waals surface area contributed by atoms with Gasteiger partial charge in [-0.3, -0.25) is 4.79 Å². The van der Waals surface area contributed by atoms with Gasteiger partial charge in [0.25, 0.3) is 5.78 Å². The number of carboxylic acids is 1. The molecule has 92 valence electrons. The zero-order valence-electron chi connectivity index (χ0n) is 9.64. The monoisotopic (exact) mass is 256 g/mol. The number of Topliss-reactive ketones (excluding diaryl/α,β-unsaturated/α-hetero) is 1. The van der Waals surface area contributed by atoms with E-state index in [2.05, 4.69) is 0 Å². The molecular formula is C11H12O5S. The standard InChI is InChI=1S/C11H12O5S/c1-6-4-8(17(3,15)16)5-9(7(6)2)10(12)11(13)14/h4-5H,1-3H3,(H,13,14). The zero-order valence-corrected chi connectivity index (χ0v) is 10.5. The highest BCUT2D eigenvalue weighted by atomic mass is 32.2. The summed E-state index contributed by atoms with van der Waals surface area (Å²) in [6, 6.07) is 2.53. The van der Waals surface area contributed by atoms with Gasteiger partial charge in [0.1, 0.15) is 0 Å². The number of benzene rings is 1. The summed E-state index contributed by atoms with van der Waals surface area (Å²) in [6.07, 6.45) is 1.01. The summed E-state index contributed by atoms with van der Waals surface area (Å²) in [7, 11) is -3.47. The molecule has 0 saturated carbocycles. The summed E-state index contributed by atoms with van der Waals surface area (Å²) in [5.41, 5.74) is 0.959. The first-order valence-corrected chi connectivity index (χ1v) is 6.62. The molecule has 0 aliphatic carbocycles. The van der Waals surface area contributed by atoms with Crippen molar-refractivity contribution < 1.29 is 23.1 Å². The summed E-state index contributed by atoms with van der Waals surface area (Å²) < 4.78 is 22.8. The Morgan fingerprint density at radius 1 is 1.18 bits per heavy atom. The number of rotatable bonds is 3. The minimum atomic E-state index is -3.47. The third-order valence-corrected chi connectivity index (χ3v) is 3.60. The first-order chi connectivity index (χ1) is 7.64. The molecule has 1 aromatic rings. The highest BCUT2D eigenvalue weighted by Gasteiger charge is 2.21. The fraction of sp³-hybridized carbons (Fsp3) is 0.273. The van der Waals surface area contributed by atoms with Crippen LogP contribution in [0, 0.1) is 13.8 Å². The fourth-order valence-corrected chi connectivity index (χ4v) is 2.11. The maximum absolute atomic E-state index is 11.4. The van der Waals surface area contributed by atoms with Crippen molar-refractivity contribution in [2.45, 2.75) is 18.7 Å². The molecule has 0 unspecified atom stereocenters. The third-order valence-electron chi connectivity index (χ3n) is 2.51. The van der Waals surface area contributed by atoms with Crippen LogP contribution < -0.4 is 0 Å². The molecule has 1 aromatic carbocycles. The fourth-order valence-electron chi connectivity index (χ4n) is 1.39. The van der Waals surface area contributed by atoms with Crippen molar-refractivity contribution in [3.63, 3.8) is 0 Å². The number of hydrogen-bond donors (Lipinski definition) is 1. The highest BCUT2D eigenvalue weighted by molar-refractivity contribution is 7.90. The van der Waals surface area contributed by atoms with Gasteiger partial charge < -0.3 is 5.11 Å². The quantitative estimate of drug-likeness (QED) is 0.643. The minimum Gasteiger partial charge on any atom is -0.475 e. The Morgan fingerprint density at radius 2 is 1.71 bits per heavy atom. The van der Waals surface area contributed by atoms with E-state index in [1.165, 1.54) is 6.07 Å². The van der Waals surface area contributed by atoms with Crippen LogP contribution in [0.4, 0.5) is 0 Å². The second kappa shape index (κ2) is 4.29. The average molecular weight is 256 g/mol. The van der Waals surface area contributed by atoms with Crippen molar-refractivity contribution in [2.75, 3.05) is 6.26 Å². The van der Waals surface area contributed by atoms with Crippen LogP contribution in [0.1, 0.15) is 21.5 Å². The van der Waals surface area contributed by atoms with Crippen LogP contribution in [0.5, 0.6) is 0 Å². The number of ketones is 1. The van der Waals surface area contributed by atoms with E-state index in [4.69, 9.17) is 5.11 Å². The van der Waals surface area contributed by atoms with Crippen molar-refractivity contribution >= 4 is 21.6 Å². The third kappa shape index (κ3) is 2.71. The van der Waals surface area contributed by atoms with Gasteiger partial charge in [-0.15, -0.1) is 0 Å². The summed E-state index contributed by atoms with van der Waals surface area (Å²) in [5, 5.41) is 8.65. The Bertz CT molecular complexity index is 599. The van der Waals surface area contributed by atoms with E-state index in [-0.39, 0.29) is 10.5 Å². The lowest BCUT2D eigenvalue weighted by molar-refractivity contribution is -0.131. The first-order valence-electron chi connectivity index (χ1n) is 4.73. The molecule has 1 rings (SSSR count). The molecule has 0 aliphatic heterocycles. The van der Waals surface area contributed by atoms with Crippen molar-refractivity contribution in [2.24, 2.45) is 0 Å². The summed E-state index contributed by atoms with van der Waals surface area (Å²) in [5.74, 6) is -2.70. The van der Waals surface area contributed by atoms with E-state index < -0.39 is 21.6 Å². The van der Waals surface area contributed by atoms with E-state index in [1.807, 2.05) is 0 Å². The maximum atomic E-state index is 11.4. The summed E-state index contributed by atoms with van der Waals surface area (Å²) >= 11 is 0. The molecule has 1 N–H and O–H groups in total. The molecule has 0 bridgehead atoms. The predicted octanol–water partition coefficient (Wildman–Crippen LogP) is 0.974. The maximum Gasteiger partial charge on any atom is 0.377 e. The van der Waals surface area contributed by atoms with E-state index in [1.54, 1.807) is 13.8 Å². The predicted molar refractivity (Wildman–Crippen MR) is 61.0 cm³/mol. The van der Waals surface area contributed by atoms with Gasteiger partial charge in [0.2, 0.25) is 0 Å². The number of aryl methyl sites for hydroxylation is 1. The minimum absolute atomic E-state index is 0.0507. The van der Waals surface area contributed by atoms with E-state index in [0.29, 0.717) is 11.1 Å². The van der Waals surface area contributed by atoms with Crippen LogP contribution in [0.25, 0.3) is 0 Å². The lowest BCUT2D eigenvalue weighted by atomic mass is 10.0. The molecule has 0 amide bonds. The lowest BCUT2D eigenvalue weighted by Gasteiger charge is -2.08. The Labute approximate surface area is 99.0 Å². The van der Waals surface area contributed by atoms with Crippen molar-refractivity contribution in [1.82, 2.24) is 0 Å². The number of carbonyl (C=O) groups is 2. The summed E-state index contributed by atoms with van der Waals surface area (Å²) in [4.78, 5) is 22.0. The largest absolute Gasteiger partial charge is 0.475 e. The normalized spacial score (nSPS) is 11.2. The van der Waals surface area contributed by atoms with Gasteiger partial charge in [-0.05, 0) is 37.1 Å². The average Bonchev–Trinajstić information content (AvgIpc) is 2.19. The lowest BCUT2D eigenvalue weighted by Crippen LogP contribution is -2.15. The highest BCUT2D eigenvalue weighted by Crippen LogP contribution is 2.20. The molecule has 0 atom stereocenters. The molecule has 0 radical (unpaired) electrons. The van der Waals surface area contributed by atoms with Gasteiger partial charge in [0.05, 0.1) is 4.90 Å². The Kier molecular flexibility index (Phi) is 3.38. The van der Waals surface area contributed by atoms with Gasteiger partial charge in [-0.25, -0.2) is 13.2 Å². The smallest absolute Gasteiger partial charge is 0.377 e. The topological polar surface area (TPSA) is 88.5 Å². The number of carboxylic acid groups (broad SMARTS) is 1. The van der Waals surface area contributed by atoms with Crippen LogP contribution in [0.3, 0.4) is 0 Å². The Balaban J connectivity index is 3.57. The second-order valence-electron chi connectivity index (χ2n) is 3.82. The van der Waals surface area contributed by atoms with Gasteiger partial charge in [0, 0.05) is 11.8 Å². The van der Waals surface area contributed by atoms with Crippen molar-refractivity contribution in [3.05, 3.63) is 28.8 Å². The van der Waals surface area contributed by atoms with E-state index >= 15 is 0 Å². The second-order valence-corrected chi connectivity index (χ2v) is 5.83. The molecule has 0 aromatic heterocycles. The van der Waals surface area contributed by atoms with Gasteiger partial charge >= 0.3 is 5.97 Å². The Morgan fingerprint density at radius 3 is 2.12 bits per heavy atom. The molecule has 17 heavy (non-hydrogen) atoms. The van der Waals surface area contributed by atoms with Crippen LogP contribution in [0.2, 0.25) is 0 Å². The molecule has 0 aliphatic rings. The van der Waals surface area contributed by atoms with Crippen molar-refractivity contribution in [3.8, 4) is 0 Å². The van der Waals surface area contributed by atoms with E-state index in [9.17, 15) is 18.0 Å². The molecule has 6 heteroatoms. The molecule has 0 heterocycles. The first kappa shape index (κ1) is 13.4. The Hall–Kier alpha value is -1.69. The van der Waals surface area contributed by atoms with Crippen LogP contribution in [-0.2, 0) is 14.6 Å². The SMILES string of the molecule is Cc1cc(S(C)(=O)=O)cc(C(=O)C(=O)O)c1C. The van der Waals surface area contributed by atoms with Gasteiger partial charge in [0.15, 0.2) is 9.84 Å². The number of aliphatic carboxylic acids is 1. The molecule has 5 nitrogen and oxygen atoms in total. The number of sulfone groups is 1. The van der Waals surface area contributed by atoms with Crippen LogP contribution in [0.15, 0.2) is 17.0 Å². The van der Waals surface area contributed by atoms with Crippen LogP contribution >= 0.6 is 0 Å². The van der Waals surface area contributed by atoms with Gasteiger partial charge in [-0.2, -0.15) is 0 Å².